The number of aromatic nitrogens is 3. The summed E-state index contributed by atoms with van der Waals surface area (Å²) >= 11 is 1.30. The molecule has 6 nitrogen and oxygen atoms in total. The lowest BCUT2D eigenvalue weighted by atomic mass is 10.1. The van der Waals surface area contributed by atoms with Gasteiger partial charge in [0.2, 0.25) is 5.91 Å². The summed E-state index contributed by atoms with van der Waals surface area (Å²) in [5.41, 5.74) is 1.04. The molecule has 0 fully saturated rings. The molecule has 1 aromatic heterocycles. The Bertz CT molecular complexity index is 1030. The van der Waals surface area contributed by atoms with E-state index >= 15 is 0 Å². The fourth-order valence-corrected chi connectivity index (χ4v) is 3.78. The van der Waals surface area contributed by atoms with Crippen molar-refractivity contribution >= 4 is 17.7 Å². The highest BCUT2D eigenvalue weighted by atomic mass is 32.2. The van der Waals surface area contributed by atoms with Crippen LogP contribution in [0.1, 0.15) is 31.3 Å². The van der Waals surface area contributed by atoms with E-state index in [-0.39, 0.29) is 29.6 Å². The number of para-hydroxylation sites is 1. The first-order chi connectivity index (χ1) is 15.0. The quantitative estimate of drug-likeness (QED) is 0.370. The molecule has 3 rings (SSSR count). The molecule has 0 saturated carbocycles. The lowest BCUT2D eigenvalue weighted by Crippen LogP contribution is -2.33. The van der Waals surface area contributed by atoms with E-state index in [4.69, 9.17) is 4.74 Å². The molecule has 0 aliphatic rings. The Morgan fingerprint density at radius 3 is 2.61 bits per heavy atom. The van der Waals surface area contributed by atoms with Crippen LogP contribution >= 0.6 is 11.8 Å². The second-order valence-corrected chi connectivity index (χ2v) is 8.23. The highest BCUT2D eigenvalue weighted by molar-refractivity contribution is 8.00. The number of hydrogen-bond donors (Lipinski definition) is 1. The van der Waals surface area contributed by atoms with E-state index in [0.717, 1.165) is 5.56 Å². The number of allylic oxidation sites excluding steroid dienone is 1. The average Bonchev–Trinajstić information content (AvgIpc) is 3.15. The van der Waals surface area contributed by atoms with Gasteiger partial charge in [-0.15, -0.1) is 16.8 Å². The van der Waals surface area contributed by atoms with E-state index in [9.17, 15) is 9.18 Å². The third-order valence-corrected chi connectivity index (χ3v) is 5.69. The number of rotatable bonds is 10. The minimum Gasteiger partial charge on any atom is -0.483 e. The van der Waals surface area contributed by atoms with Crippen LogP contribution in [0.3, 0.4) is 0 Å². The standard InChI is InChI=1S/C23H25FN4O2S/c1-4-14-28-21(15-30-20-13-9-8-12-19(20)24)26-27-23(28)31-17(3)22(29)25-16(2)18-10-6-5-7-11-18/h4-13,16-17H,1,14-15H2,2-3H3,(H,25,29). The fourth-order valence-electron chi connectivity index (χ4n) is 2.90. The van der Waals surface area contributed by atoms with Crippen molar-refractivity contribution in [3.63, 3.8) is 0 Å². The van der Waals surface area contributed by atoms with Gasteiger partial charge in [-0.25, -0.2) is 4.39 Å². The Morgan fingerprint density at radius 1 is 1.19 bits per heavy atom. The average molecular weight is 441 g/mol. The Morgan fingerprint density at radius 2 is 1.90 bits per heavy atom. The molecule has 2 atom stereocenters. The van der Waals surface area contributed by atoms with Crippen LogP contribution in [0.25, 0.3) is 0 Å². The first-order valence-corrected chi connectivity index (χ1v) is 10.8. The number of nitrogens with one attached hydrogen (secondary N) is 1. The number of carbonyl (C=O) groups is 1. The van der Waals surface area contributed by atoms with Gasteiger partial charge in [0.25, 0.3) is 0 Å². The minimum atomic E-state index is -0.440. The lowest BCUT2D eigenvalue weighted by molar-refractivity contribution is -0.120. The number of halogens is 1. The predicted octanol–water partition coefficient (Wildman–Crippen LogP) is 4.54. The van der Waals surface area contributed by atoms with Gasteiger partial charge in [-0.05, 0) is 31.5 Å². The van der Waals surface area contributed by atoms with Crippen molar-refractivity contribution in [3.8, 4) is 5.75 Å². The SMILES string of the molecule is C=CCn1c(COc2ccccc2F)nnc1SC(C)C(=O)NC(C)c1ccccc1. The van der Waals surface area contributed by atoms with Gasteiger partial charge >= 0.3 is 0 Å². The van der Waals surface area contributed by atoms with Crippen LogP contribution in [-0.4, -0.2) is 25.9 Å². The summed E-state index contributed by atoms with van der Waals surface area (Å²) in [6.45, 7) is 8.03. The zero-order valence-corrected chi connectivity index (χ0v) is 18.3. The maximum absolute atomic E-state index is 13.8. The molecular weight excluding hydrogens is 415 g/mol. The molecule has 31 heavy (non-hydrogen) atoms. The number of benzene rings is 2. The Hall–Kier alpha value is -3.13. The molecule has 2 aromatic carbocycles. The van der Waals surface area contributed by atoms with Crippen molar-refractivity contribution in [1.82, 2.24) is 20.1 Å². The molecular formula is C23H25FN4O2S. The molecule has 0 saturated heterocycles. The molecule has 0 aliphatic carbocycles. The summed E-state index contributed by atoms with van der Waals surface area (Å²) in [6.07, 6.45) is 1.71. The molecule has 1 N–H and O–H groups in total. The van der Waals surface area contributed by atoms with Gasteiger partial charge < -0.3 is 10.1 Å². The third kappa shape index (κ3) is 5.95. The van der Waals surface area contributed by atoms with Crippen molar-refractivity contribution in [1.29, 1.82) is 0 Å². The number of thioether (sulfide) groups is 1. The summed E-state index contributed by atoms with van der Waals surface area (Å²) < 4.78 is 21.2. The fraction of sp³-hybridized carbons (Fsp3) is 0.261. The molecule has 0 bridgehead atoms. The zero-order valence-electron chi connectivity index (χ0n) is 17.5. The van der Waals surface area contributed by atoms with E-state index in [0.29, 0.717) is 17.5 Å². The molecule has 0 radical (unpaired) electrons. The van der Waals surface area contributed by atoms with Gasteiger partial charge in [0.1, 0.15) is 6.61 Å². The van der Waals surface area contributed by atoms with Crippen LogP contribution in [0, 0.1) is 5.82 Å². The second-order valence-electron chi connectivity index (χ2n) is 6.92. The van der Waals surface area contributed by atoms with Gasteiger partial charge in [0.05, 0.1) is 11.3 Å². The summed E-state index contributed by atoms with van der Waals surface area (Å²) in [5.74, 6) is 0.131. The highest BCUT2D eigenvalue weighted by Crippen LogP contribution is 2.24. The minimum absolute atomic E-state index is 0.0496. The van der Waals surface area contributed by atoms with Gasteiger partial charge in [-0.3, -0.25) is 9.36 Å². The number of ether oxygens (including phenoxy) is 1. The zero-order chi connectivity index (χ0) is 22.2. The van der Waals surface area contributed by atoms with Crippen molar-refractivity contribution < 1.29 is 13.9 Å². The number of carbonyl (C=O) groups excluding carboxylic acids is 1. The van der Waals surface area contributed by atoms with Crippen LogP contribution in [0.15, 0.2) is 72.4 Å². The van der Waals surface area contributed by atoms with E-state index < -0.39 is 5.82 Å². The summed E-state index contributed by atoms with van der Waals surface area (Å²) in [7, 11) is 0. The molecule has 3 aromatic rings. The van der Waals surface area contributed by atoms with E-state index in [1.165, 1.54) is 17.8 Å². The van der Waals surface area contributed by atoms with Crippen LogP contribution in [0.4, 0.5) is 4.39 Å². The highest BCUT2D eigenvalue weighted by Gasteiger charge is 2.21. The van der Waals surface area contributed by atoms with Crippen molar-refractivity contribution in [2.75, 3.05) is 0 Å². The Kier molecular flexibility index (Phi) is 7.83. The van der Waals surface area contributed by atoms with Gasteiger partial charge in [-0.1, -0.05) is 60.3 Å². The van der Waals surface area contributed by atoms with Crippen LogP contribution < -0.4 is 10.1 Å². The molecule has 1 amide bonds. The van der Waals surface area contributed by atoms with E-state index in [1.807, 2.05) is 48.7 Å². The molecule has 162 valence electrons. The maximum atomic E-state index is 13.8. The molecule has 8 heteroatoms. The molecule has 1 heterocycles. The monoisotopic (exact) mass is 440 g/mol. The van der Waals surface area contributed by atoms with Crippen molar-refractivity contribution in [2.45, 2.75) is 43.4 Å². The summed E-state index contributed by atoms with van der Waals surface area (Å²) in [4.78, 5) is 12.7. The normalized spacial score (nSPS) is 12.7. The first kappa shape index (κ1) is 22.6. The largest absolute Gasteiger partial charge is 0.483 e. The maximum Gasteiger partial charge on any atom is 0.233 e. The Labute approximate surface area is 185 Å². The smallest absolute Gasteiger partial charge is 0.233 e. The van der Waals surface area contributed by atoms with Crippen LogP contribution in [-0.2, 0) is 17.9 Å². The molecule has 2 unspecified atom stereocenters. The first-order valence-electron chi connectivity index (χ1n) is 9.92. The number of hydrogen-bond acceptors (Lipinski definition) is 5. The molecule has 0 spiro atoms. The van der Waals surface area contributed by atoms with E-state index in [1.54, 1.807) is 24.3 Å². The van der Waals surface area contributed by atoms with Crippen molar-refractivity contribution in [3.05, 3.63) is 84.5 Å². The van der Waals surface area contributed by atoms with E-state index in [2.05, 4.69) is 22.1 Å². The number of amides is 1. The summed E-state index contributed by atoms with van der Waals surface area (Å²) in [5, 5.41) is 11.6. The lowest BCUT2D eigenvalue weighted by Gasteiger charge is -2.17. The van der Waals surface area contributed by atoms with Gasteiger partial charge in [0, 0.05) is 6.54 Å². The predicted molar refractivity (Wildman–Crippen MR) is 119 cm³/mol. The Balaban J connectivity index is 1.65. The van der Waals surface area contributed by atoms with Gasteiger partial charge in [-0.2, -0.15) is 0 Å². The van der Waals surface area contributed by atoms with Gasteiger partial charge in [0.15, 0.2) is 22.5 Å². The third-order valence-electron chi connectivity index (χ3n) is 4.61. The van der Waals surface area contributed by atoms with Crippen LogP contribution in [0.5, 0.6) is 5.75 Å². The topological polar surface area (TPSA) is 69.0 Å². The number of nitrogens with zero attached hydrogens (tertiary/aromatic N) is 3. The second kappa shape index (κ2) is 10.8. The van der Waals surface area contributed by atoms with Crippen LogP contribution in [0.2, 0.25) is 0 Å². The molecule has 0 aliphatic heterocycles. The summed E-state index contributed by atoms with van der Waals surface area (Å²) in [6, 6.07) is 15.9. The van der Waals surface area contributed by atoms with Crippen molar-refractivity contribution in [2.24, 2.45) is 0 Å².